The summed E-state index contributed by atoms with van der Waals surface area (Å²) in [6, 6.07) is 15.8. The van der Waals surface area contributed by atoms with Crippen molar-refractivity contribution >= 4 is 29.5 Å². The zero-order valence-electron chi connectivity index (χ0n) is 27.4. The third-order valence-corrected chi connectivity index (χ3v) is 8.08. The molecule has 4 N–H and O–H groups in total. The van der Waals surface area contributed by atoms with Crippen LogP contribution in [0.5, 0.6) is 0 Å². The molecule has 3 atom stereocenters. The zero-order chi connectivity index (χ0) is 33.9. The zero-order valence-corrected chi connectivity index (χ0v) is 27.4. The highest BCUT2D eigenvalue weighted by atomic mass is 16.5. The number of rotatable bonds is 5. The maximum absolute atomic E-state index is 14.0. The molecule has 0 bridgehead atoms. The van der Waals surface area contributed by atoms with Crippen molar-refractivity contribution in [2.75, 3.05) is 19.6 Å². The van der Waals surface area contributed by atoms with Crippen molar-refractivity contribution in [3.63, 3.8) is 0 Å². The van der Waals surface area contributed by atoms with Gasteiger partial charge in [0.05, 0.1) is 0 Å². The van der Waals surface area contributed by atoms with E-state index in [-0.39, 0.29) is 56.1 Å². The van der Waals surface area contributed by atoms with Crippen molar-refractivity contribution in [1.82, 2.24) is 31.3 Å². The van der Waals surface area contributed by atoms with Gasteiger partial charge in [0.15, 0.2) is 0 Å². The second-order valence-electron chi connectivity index (χ2n) is 12.1. The molecule has 0 unspecified atom stereocenters. The summed E-state index contributed by atoms with van der Waals surface area (Å²) in [5.74, 6) is -1.92. The van der Waals surface area contributed by atoms with Gasteiger partial charge >= 0.3 is 0 Å². The lowest BCUT2D eigenvalue weighted by molar-refractivity contribution is -0.134. The lowest BCUT2D eigenvalue weighted by Gasteiger charge is -2.26. The minimum Gasteiger partial charge on any atom is -0.360 e. The average Bonchev–Trinajstić information content (AvgIpc) is 3.45. The maximum Gasteiger partial charge on any atom is 0.259 e. The average molecular weight is 645 g/mol. The number of carbonyl (C=O) groups excluding carboxylic acids is 5. The summed E-state index contributed by atoms with van der Waals surface area (Å²) in [6.45, 7) is 7.64. The van der Waals surface area contributed by atoms with E-state index in [9.17, 15) is 24.0 Å². The molecule has 5 amide bonds. The van der Waals surface area contributed by atoms with Gasteiger partial charge in [0.25, 0.3) is 5.91 Å². The highest BCUT2D eigenvalue weighted by Crippen LogP contribution is 2.26. The number of hydrogen-bond donors (Lipinski definition) is 4. The SMILES string of the molecule is Cc1onc(-c2ccccc2)c1C(=O)N1CCCNC(=O)[C@@H](C(C)C)NC(=O)[C@@H](C)NC(=O)[C@H](Cc2ccccc2)NC(=O)CCC1. The van der Waals surface area contributed by atoms with E-state index in [1.807, 2.05) is 74.5 Å². The Hall–Kier alpha value is -5.00. The molecule has 0 spiro atoms. The van der Waals surface area contributed by atoms with Gasteiger partial charge in [-0.1, -0.05) is 79.7 Å². The van der Waals surface area contributed by atoms with Gasteiger partial charge in [-0.05, 0) is 38.2 Å². The van der Waals surface area contributed by atoms with Crippen LogP contribution in [0.4, 0.5) is 0 Å². The second-order valence-corrected chi connectivity index (χ2v) is 12.1. The van der Waals surface area contributed by atoms with Crippen LogP contribution in [-0.2, 0) is 25.6 Å². The Bertz CT molecular complexity index is 1540. The summed E-state index contributed by atoms with van der Waals surface area (Å²) in [4.78, 5) is 68.4. The molecule has 250 valence electrons. The van der Waals surface area contributed by atoms with Crippen molar-refractivity contribution in [2.45, 2.75) is 71.5 Å². The fraction of sp³-hybridized carbons (Fsp3) is 0.429. The Labute approximate surface area is 275 Å². The molecule has 4 rings (SSSR count). The van der Waals surface area contributed by atoms with E-state index in [2.05, 4.69) is 26.4 Å². The molecule has 2 heterocycles. The number of amides is 5. The second kappa shape index (κ2) is 16.5. The van der Waals surface area contributed by atoms with E-state index in [0.29, 0.717) is 29.9 Å². The largest absolute Gasteiger partial charge is 0.360 e. The van der Waals surface area contributed by atoms with Crippen molar-refractivity contribution in [2.24, 2.45) is 5.92 Å². The Morgan fingerprint density at radius 2 is 1.55 bits per heavy atom. The number of carbonyl (C=O) groups is 5. The van der Waals surface area contributed by atoms with Crippen LogP contribution in [0.1, 0.15) is 61.7 Å². The first kappa shape index (κ1) is 34.9. The van der Waals surface area contributed by atoms with Crippen LogP contribution in [0, 0.1) is 12.8 Å². The van der Waals surface area contributed by atoms with Crippen LogP contribution < -0.4 is 21.3 Å². The molecule has 0 radical (unpaired) electrons. The van der Waals surface area contributed by atoms with E-state index in [1.165, 1.54) is 6.92 Å². The van der Waals surface area contributed by atoms with E-state index in [1.54, 1.807) is 11.8 Å². The van der Waals surface area contributed by atoms with Gasteiger partial charge in [-0.25, -0.2) is 0 Å². The predicted octanol–water partition coefficient (Wildman–Crippen LogP) is 2.77. The predicted molar refractivity (Wildman–Crippen MR) is 176 cm³/mol. The number of benzene rings is 2. The Morgan fingerprint density at radius 3 is 2.23 bits per heavy atom. The van der Waals surface area contributed by atoms with Crippen LogP contribution in [0.25, 0.3) is 11.3 Å². The molecule has 0 aliphatic carbocycles. The van der Waals surface area contributed by atoms with Gasteiger partial charge in [-0.3, -0.25) is 24.0 Å². The Kier molecular flexibility index (Phi) is 12.3. The summed E-state index contributed by atoms with van der Waals surface area (Å²) < 4.78 is 5.44. The van der Waals surface area contributed by atoms with Gasteiger partial charge in [-0.15, -0.1) is 0 Å². The third-order valence-electron chi connectivity index (χ3n) is 8.08. The molecule has 47 heavy (non-hydrogen) atoms. The molecule has 12 heteroatoms. The normalized spacial score (nSPS) is 20.8. The van der Waals surface area contributed by atoms with E-state index in [0.717, 1.165) is 11.1 Å². The lowest BCUT2D eigenvalue weighted by Crippen LogP contribution is -2.57. The monoisotopic (exact) mass is 644 g/mol. The smallest absolute Gasteiger partial charge is 0.259 e. The van der Waals surface area contributed by atoms with Crippen LogP contribution in [0.15, 0.2) is 65.2 Å². The number of aromatic nitrogens is 1. The van der Waals surface area contributed by atoms with Gasteiger partial charge in [0.1, 0.15) is 35.1 Å². The summed E-state index contributed by atoms with van der Waals surface area (Å²) >= 11 is 0. The van der Waals surface area contributed by atoms with E-state index < -0.39 is 29.9 Å². The van der Waals surface area contributed by atoms with Gasteiger partial charge < -0.3 is 30.7 Å². The summed E-state index contributed by atoms with van der Waals surface area (Å²) in [5, 5.41) is 15.3. The fourth-order valence-electron chi connectivity index (χ4n) is 5.43. The Balaban J connectivity index is 1.58. The van der Waals surface area contributed by atoms with E-state index >= 15 is 0 Å². The molecule has 0 saturated carbocycles. The fourth-order valence-corrected chi connectivity index (χ4v) is 5.43. The molecule has 1 aromatic heterocycles. The minimum absolute atomic E-state index is 0.0549. The quantitative estimate of drug-likeness (QED) is 0.332. The number of nitrogens with zero attached hydrogens (tertiary/aromatic N) is 2. The first-order valence-electron chi connectivity index (χ1n) is 16.1. The number of hydrogen-bond acceptors (Lipinski definition) is 7. The van der Waals surface area contributed by atoms with Crippen LogP contribution >= 0.6 is 0 Å². The molecule has 3 aromatic rings. The molecule has 12 nitrogen and oxygen atoms in total. The first-order valence-corrected chi connectivity index (χ1v) is 16.1. The number of nitrogens with one attached hydrogen (secondary N) is 4. The van der Waals surface area contributed by atoms with Crippen LogP contribution in [-0.4, -0.2) is 77.4 Å². The van der Waals surface area contributed by atoms with Crippen molar-refractivity contribution in [3.8, 4) is 11.3 Å². The van der Waals surface area contributed by atoms with Crippen molar-refractivity contribution in [1.29, 1.82) is 0 Å². The highest BCUT2D eigenvalue weighted by Gasteiger charge is 2.30. The summed E-state index contributed by atoms with van der Waals surface area (Å²) in [5.41, 5.74) is 2.33. The molecular formula is C35H44N6O6. The summed E-state index contributed by atoms with van der Waals surface area (Å²) in [7, 11) is 0. The van der Waals surface area contributed by atoms with Gasteiger partial charge in [-0.2, -0.15) is 0 Å². The Morgan fingerprint density at radius 1 is 0.894 bits per heavy atom. The molecule has 1 aliphatic heterocycles. The number of aryl methyl sites for hydroxylation is 1. The maximum atomic E-state index is 14.0. The minimum atomic E-state index is -0.952. The van der Waals surface area contributed by atoms with Crippen LogP contribution in [0.3, 0.4) is 0 Å². The molecule has 1 saturated heterocycles. The summed E-state index contributed by atoms with van der Waals surface area (Å²) in [6.07, 6.45) is 1.02. The first-order chi connectivity index (χ1) is 22.5. The molecule has 1 fully saturated rings. The molecule has 1 aliphatic rings. The van der Waals surface area contributed by atoms with Gasteiger partial charge in [0.2, 0.25) is 23.6 Å². The van der Waals surface area contributed by atoms with Crippen LogP contribution in [0.2, 0.25) is 0 Å². The van der Waals surface area contributed by atoms with Crippen molar-refractivity contribution in [3.05, 3.63) is 77.6 Å². The third kappa shape index (κ3) is 9.50. The molecular weight excluding hydrogens is 600 g/mol. The van der Waals surface area contributed by atoms with Gasteiger partial charge in [0, 0.05) is 38.0 Å². The molecule has 2 aromatic carbocycles. The van der Waals surface area contributed by atoms with E-state index in [4.69, 9.17) is 4.52 Å². The topological polar surface area (TPSA) is 163 Å². The standard InChI is InChI=1S/C35H44N6O6/c1-22(2)30-34(45)36-18-12-20-41(35(46)29-24(4)47-40-31(29)26-15-9-6-10-16-26)19-11-17-28(42)38-27(21-25-13-7-5-8-14-25)33(44)37-23(3)32(43)39-30/h5-10,13-16,22-23,27,30H,11-12,17-21H2,1-4H3,(H,36,45)(H,37,44)(H,38,42)(H,39,43)/t23-,27+,30-/m1/s1. The van der Waals surface area contributed by atoms with Crippen molar-refractivity contribution < 1.29 is 28.5 Å². The highest BCUT2D eigenvalue weighted by molar-refractivity contribution is 6.01. The lowest BCUT2D eigenvalue weighted by atomic mass is 10.0.